The molecule has 2 aromatic rings. The predicted molar refractivity (Wildman–Crippen MR) is 101 cm³/mol. The van der Waals surface area contributed by atoms with Crippen LogP contribution in [0.5, 0.6) is 0 Å². The van der Waals surface area contributed by atoms with Crippen LogP contribution in [0.2, 0.25) is 0 Å². The quantitative estimate of drug-likeness (QED) is 0.775. The maximum Gasteiger partial charge on any atom is 0.261 e. The van der Waals surface area contributed by atoms with Gasteiger partial charge >= 0.3 is 0 Å². The SMILES string of the molecule is O=C(CNC(=O)c1cccs1)N[C@H](CN1CCOCC1)c1ccccc1. The molecule has 0 unspecified atom stereocenters. The molecule has 138 valence electrons. The molecule has 2 heterocycles. The summed E-state index contributed by atoms with van der Waals surface area (Å²) >= 11 is 1.35. The molecule has 0 spiro atoms. The summed E-state index contributed by atoms with van der Waals surface area (Å²) in [5, 5.41) is 7.56. The van der Waals surface area contributed by atoms with Crippen LogP contribution >= 0.6 is 11.3 Å². The Morgan fingerprint density at radius 3 is 2.58 bits per heavy atom. The molecule has 1 atom stereocenters. The largest absolute Gasteiger partial charge is 0.379 e. The Morgan fingerprint density at radius 1 is 1.12 bits per heavy atom. The molecule has 2 N–H and O–H groups in total. The van der Waals surface area contributed by atoms with Crippen LogP contribution in [0.1, 0.15) is 21.3 Å². The third-order valence-corrected chi connectivity index (χ3v) is 5.10. The van der Waals surface area contributed by atoms with Gasteiger partial charge in [0.25, 0.3) is 5.91 Å². The van der Waals surface area contributed by atoms with Crippen molar-refractivity contribution < 1.29 is 14.3 Å². The van der Waals surface area contributed by atoms with Crippen molar-refractivity contribution in [2.45, 2.75) is 6.04 Å². The molecule has 3 rings (SSSR count). The number of thiophene rings is 1. The van der Waals surface area contributed by atoms with E-state index < -0.39 is 0 Å². The summed E-state index contributed by atoms with van der Waals surface area (Å²) in [5.41, 5.74) is 1.05. The highest BCUT2D eigenvalue weighted by atomic mass is 32.1. The predicted octanol–water partition coefficient (Wildman–Crippen LogP) is 1.67. The van der Waals surface area contributed by atoms with E-state index in [9.17, 15) is 9.59 Å². The average Bonchev–Trinajstić information content (AvgIpc) is 3.22. The first-order chi connectivity index (χ1) is 12.7. The third-order valence-electron chi connectivity index (χ3n) is 4.24. The van der Waals surface area contributed by atoms with Crippen molar-refractivity contribution in [1.82, 2.24) is 15.5 Å². The number of ether oxygens (including phenoxy) is 1. The molecule has 1 aromatic carbocycles. The standard InChI is InChI=1S/C19H23N3O3S/c23-18(13-20-19(24)17-7-4-12-26-17)21-16(15-5-2-1-3-6-15)14-22-8-10-25-11-9-22/h1-7,12,16H,8-11,13-14H2,(H,20,24)(H,21,23)/t16-/m1/s1. The molecule has 0 saturated carbocycles. The number of rotatable bonds is 7. The first-order valence-corrected chi connectivity index (χ1v) is 9.56. The minimum absolute atomic E-state index is 0.0385. The van der Waals surface area contributed by atoms with E-state index >= 15 is 0 Å². The van der Waals surface area contributed by atoms with E-state index in [1.807, 2.05) is 41.8 Å². The van der Waals surface area contributed by atoms with Crippen LogP contribution in [0.25, 0.3) is 0 Å². The number of nitrogens with one attached hydrogen (secondary N) is 2. The van der Waals surface area contributed by atoms with E-state index in [0.717, 1.165) is 25.2 Å². The van der Waals surface area contributed by atoms with Gasteiger partial charge in [-0.3, -0.25) is 14.5 Å². The first kappa shape index (κ1) is 18.6. The van der Waals surface area contributed by atoms with E-state index in [-0.39, 0.29) is 24.4 Å². The fourth-order valence-electron chi connectivity index (χ4n) is 2.86. The molecule has 26 heavy (non-hydrogen) atoms. The van der Waals surface area contributed by atoms with Gasteiger partial charge in [0.2, 0.25) is 5.91 Å². The smallest absolute Gasteiger partial charge is 0.261 e. The van der Waals surface area contributed by atoms with Crippen LogP contribution < -0.4 is 10.6 Å². The van der Waals surface area contributed by atoms with E-state index in [1.165, 1.54) is 11.3 Å². The van der Waals surface area contributed by atoms with Gasteiger partial charge in [-0.25, -0.2) is 0 Å². The lowest BCUT2D eigenvalue weighted by Gasteiger charge is -2.31. The zero-order valence-corrected chi connectivity index (χ0v) is 15.3. The molecule has 2 amide bonds. The number of morpholine rings is 1. The van der Waals surface area contributed by atoms with Crippen LogP contribution in [-0.4, -0.2) is 56.1 Å². The maximum absolute atomic E-state index is 12.4. The number of benzene rings is 1. The van der Waals surface area contributed by atoms with Gasteiger partial charge in [0.1, 0.15) is 0 Å². The Balaban J connectivity index is 1.57. The van der Waals surface area contributed by atoms with Crippen molar-refractivity contribution in [3.8, 4) is 0 Å². The zero-order chi connectivity index (χ0) is 18.2. The molecule has 7 heteroatoms. The van der Waals surface area contributed by atoms with E-state index in [1.54, 1.807) is 6.07 Å². The third kappa shape index (κ3) is 5.39. The van der Waals surface area contributed by atoms with Gasteiger partial charge in [-0.15, -0.1) is 11.3 Å². The van der Waals surface area contributed by atoms with Gasteiger partial charge in [-0.1, -0.05) is 36.4 Å². The molecular formula is C19H23N3O3S. The minimum Gasteiger partial charge on any atom is -0.379 e. The number of carbonyl (C=O) groups excluding carboxylic acids is 2. The lowest BCUT2D eigenvalue weighted by Crippen LogP contribution is -2.45. The van der Waals surface area contributed by atoms with Crippen molar-refractivity contribution in [2.24, 2.45) is 0 Å². The molecule has 1 aliphatic rings. The van der Waals surface area contributed by atoms with E-state index in [4.69, 9.17) is 4.74 Å². The van der Waals surface area contributed by atoms with Crippen molar-refractivity contribution in [1.29, 1.82) is 0 Å². The molecule has 0 aliphatic carbocycles. The fraction of sp³-hybridized carbons (Fsp3) is 0.368. The topological polar surface area (TPSA) is 70.7 Å². The highest BCUT2D eigenvalue weighted by molar-refractivity contribution is 7.12. The van der Waals surface area contributed by atoms with Gasteiger partial charge in [-0.2, -0.15) is 0 Å². The second kappa shape index (κ2) is 9.47. The Bertz CT molecular complexity index is 700. The molecule has 0 bridgehead atoms. The average molecular weight is 373 g/mol. The van der Waals surface area contributed by atoms with Crippen molar-refractivity contribution in [3.05, 3.63) is 58.3 Å². The highest BCUT2D eigenvalue weighted by Gasteiger charge is 2.20. The molecular weight excluding hydrogens is 350 g/mol. The Hall–Kier alpha value is -2.22. The first-order valence-electron chi connectivity index (χ1n) is 8.68. The van der Waals surface area contributed by atoms with Gasteiger partial charge < -0.3 is 15.4 Å². The van der Waals surface area contributed by atoms with Gasteiger partial charge in [-0.05, 0) is 17.0 Å². The molecule has 1 saturated heterocycles. The number of hydrogen-bond acceptors (Lipinski definition) is 5. The van der Waals surface area contributed by atoms with Crippen molar-refractivity contribution in [3.63, 3.8) is 0 Å². The summed E-state index contributed by atoms with van der Waals surface area (Å²) in [6.07, 6.45) is 0. The molecule has 6 nitrogen and oxygen atoms in total. The molecule has 1 fully saturated rings. The summed E-state index contributed by atoms with van der Waals surface area (Å²) in [6.45, 7) is 3.82. The Morgan fingerprint density at radius 2 is 1.88 bits per heavy atom. The van der Waals surface area contributed by atoms with Crippen LogP contribution in [0.4, 0.5) is 0 Å². The molecule has 1 aromatic heterocycles. The molecule has 1 aliphatic heterocycles. The summed E-state index contributed by atoms with van der Waals surface area (Å²) in [4.78, 5) is 27.2. The number of carbonyl (C=O) groups is 2. The van der Waals surface area contributed by atoms with Gasteiger partial charge in [0.15, 0.2) is 0 Å². The maximum atomic E-state index is 12.4. The minimum atomic E-state index is -0.223. The van der Waals surface area contributed by atoms with Gasteiger partial charge in [0.05, 0.1) is 30.7 Å². The highest BCUT2D eigenvalue weighted by Crippen LogP contribution is 2.15. The summed E-state index contributed by atoms with van der Waals surface area (Å²) in [6, 6.07) is 13.3. The zero-order valence-electron chi connectivity index (χ0n) is 14.5. The van der Waals surface area contributed by atoms with Gasteiger partial charge in [0, 0.05) is 19.6 Å². The number of nitrogens with zero attached hydrogens (tertiary/aromatic N) is 1. The van der Waals surface area contributed by atoms with Crippen LogP contribution in [0.15, 0.2) is 47.8 Å². The van der Waals surface area contributed by atoms with Crippen LogP contribution in [-0.2, 0) is 9.53 Å². The summed E-state index contributed by atoms with van der Waals surface area (Å²) < 4.78 is 5.39. The lowest BCUT2D eigenvalue weighted by molar-refractivity contribution is -0.121. The number of amides is 2. The molecule has 0 radical (unpaired) electrons. The summed E-state index contributed by atoms with van der Waals surface area (Å²) in [5.74, 6) is -0.420. The monoisotopic (exact) mass is 373 g/mol. The normalized spacial score (nSPS) is 16.0. The summed E-state index contributed by atoms with van der Waals surface area (Å²) in [7, 11) is 0. The fourth-order valence-corrected chi connectivity index (χ4v) is 3.50. The Kier molecular flexibility index (Phi) is 6.76. The lowest BCUT2D eigenvalue weighted by atomic mass is 10.1. The van der Waals surface area contributed by atoms with Crippen molar-refractivity contribution >= 4 is 23.2 Å². The van der Waals surface area contributed by atoms with Crippen LogP contribution in [0, 0.1) is 0 Å². The second-order valence-electron chi connectivity index (χ2n) is 6.10. The van der Waals surface area contributed by atoms with Crippen molar-refractivity contribution in [2.75, 3.05) is 39.4 Å². The van der Waals surface area contributed by atoms with Crippen LogP contribution in [0.3, 0.4) is 0 Å². The Labute approximate surface area is 157 Å². The number of hydrogen-bond donors (Lipinski definition) is 2. The van der Waals surface area contributed by atoms with E-state index in [0.29, 0.717) is 18.1 Å². The van der Waals surface area contributed by atoms with E-state index in [2.05, 4.69) is 15.5 Å². The second-order valence-corrected chi connectivity index (χ2v) is 7.05.